The first-order valence-corrected chi connectivity index (χ1v) is 6.36. The van der Waals surface area contributed by atoms with E-state index in [0.29, 0.717) is 12.6 Å². The maximum absolute atomic E-state index is 9.20. The number of likely N-dealkylation sites (tertiary alicyclic amines) is 1. The van der Waals surface area contributed by atoms with E-state index in [2.05, 4.69) is 6.92 Å². The van der Waals surface area contributed by atoms with Gasteiger partial charge in [-0.05, 0) is 6.42 Å². The van der Waals surface area contributed by atoms with E-state index in [-0.39, 0.29) is 6.61 Å². The standard InChI is InChI=1S/C12H26NO2/c1-2-3-7-13(9-11-15)8-4-5-12(13)6-10-14/h12,14-15H,2-11H2,1H3/q+1. The molecule has 0 aromatic rings. The van der Waals surface area contributed by atoms with Gasteiger partial charge in [0, 0.05) is 25.9 Å². The van der Waals surface area contributed by atoms with Crippen molar-refractivity contribution in [3.63, 3.8) is 0 Å². The number of unbranched alkanes of at least 4 members (excludes halogenated alkanes) is 1. The van der Waals surface area contributed by atoms with Gasteiger partial charge >= 0.3 is 0 Å². The fourth-order valence-electron chi connectivity index (χ4n) is 3.04. The average molecular weight is 216 g/mol. The number of nitrogens with zero attached hydrogens (tertiary/aromatic N) is 1. The second-order valence-corrected chi connectivity index (χ2v) is 4.77. The Balaban J connectivity index is 2.59. The molecule has 0 amide bonds. The van der Waals surface area contributed by atoms with Crippen molar-refractivity contribution in [1.82, 2.24) is 0 Å². The largest absolute Gasteiger partial charge is 0.396 e. The van der Waals surface area contributed by atoms with Crippen LogP contribution in [-0.4, -0.2) is 53.6 Å². The number of rotatable bonds is 7. The quantitative estimate of drug-likeness (QED) is 0.627. The lowest BCUT2D eigenvalue weighted by Crippen LogP contribution is -2.54. The highest BCUT2D eigenvalue weighted by atomic mass is 16.3. The Morgan fingerprint density at radius 3 is 2.60 bits per heavy atom. The van der Waals surface area contributed by atoms with Gasteiger partial charge in [-0.1, -0.05) is 13.3 Å². The third kappa shape index (κ3) is 3.16. The fraction of sp³-hybridized carbons (Fsp3) is 1.00. The lowest BCUT2D eigenvalue weighted by atomic mass is 10.1. The summed E-state index contributed by atoms with van der Waals surface area (Å²) < 4.78 is 1.06. The molecular formula is C12H26NO2+. The molecule has 0 saturated carbocycles. The summed E-state index contributed by atoms with van der Waals surface area (Å²) in [5.41, 5.74) is 0. The van der Waals surface area contributed by atoms with Crippen LogP contribution in [0.1, 0.15) is 39.0 Å². The Morgan fingerprint density at radius 1 is 1.20 bits per heavy atom. The van der Waals surface area contributed by atoms with Gasteiger partial charge in [-0.15, -0.1) is 0 Å². The maximum atomic E-state index is 9.20. The van der Waals surface area contributed by atoms with Crippen molar-refractivity contribution < 1.29 is 14.7 Å². The molecule has 1 fully saturated rings. The first kappa shape index (κ1) is 12.9. The Morgan fingerprint density at radius 2 is 2.00 bits per heavy atom. The summed E-state index contributed by atoms with van der Waals surface area (Å²) in [4.78, 5) is 0. The van der Waals surface area contributed by atoms with Gasteiger partial charge in [0.2, 0.25) is 0 Å². The van der Waals surface area contributed by atoms with Crippen molar-refractivity contribution in [1.29, 1.82) is 0 Å². The van der Waals surface area contributed by atoms with Gasteiger partial charge < -0.3 is 14.7 Å². The van der Waals surface area contributed by atoms with Crippen LogP contribution < -0.4 is 0 Å². The number of aliphatic hydroxyl groups excluding tert-OH is 2. The van der Waals surface area contributed by atoms with E-state index < -0.39 is 0 Å². The van der Waals surface area contributed by atoms with Gasteiger partial charge in [0.05, 0.1) is 25.7 Å². The molecule has 1 saturated heterocycles. The van der Waals surface area contributed by atoms with E-state index in [1.165, 1.54) is 38.8 Å². The van der Waals surface area contributed by atoms with Gasteiger partial charge in [0.1, 0.15) is 6.54 Å². The van der Waals surface area contributed by atoms with Crippen LogP contribution in [0.15, 0.2) is 0 Å². The highest BCUT2D eigenvalue weighted by molar-refractivity contribution is 4.68. The zero-order valence-electron chi connectivity index (χ0n) is 9.99. The molecule has 0 spiro atoms. The van der Waals surface area contributed by atoms with Gasteiger partial charge in [0.15, 0.2) is 0 Å². The van der Waals surface area contributed by atoms with Crippen molar-refractivity contribution >= 4 is 0 Å². The van der Waals surface area contributed by atoms with Gasteiger partial charge in [-0.3, -0.25) is 0 Å². The summed E-state index contributed by atoms with van der Waals surface area (Å²) in [5.74, 6) is 0. The van der Waals surface area contributed by atoms with E-state index in [4.69, 9.17) is 5.11 Å². The summed E-state index contributed by atoms with van der Waals surface area (Å²) in [5, 5.41) is 18.3. The Hall–Kier alpha value is -0.120. The molecule has 0 radical (unpaired) electrons. The fourth-order valence-corrected chi connectivity index (χ4v) is 3.04. The lowest BCUT2D eigenvalue weighted by Gasteiger charge is -2.40. The predicted octanol–water partition coefficient (Wildman–Crippen LogP) is 1.14. The minimum atomic E-state index is 0.283. The third-order valence-corrected chi connectivity index (χ3v) is 3.88. The highest BCUT2D eigenvalue weighted by Crippen LogP contribution is 2.29. The van der Waals surface area contributed by atoms with Crippen LogP contribution >= 0.6 is 0 Å². The van der Waals surface area contributed by atoms with Crippen molar-refractivity contribution in [2.45, 2.75) is 45.1 Å². The molecule has 0 aromatic carbocycles. The average Bonchev–Trinajstić information content (AvgIpc) is 2.61. The van der Waals surface area contributed by atoms with Crippen LogP contribution in [0, 0.1) is 0 Å². The normalized spacial score (nSPS) is 31.0. The molecule has 2 N–H and O–H groups in total. The topological polar surface area (TPSA) is 40.5 Å². The van der Waals surface area contributed by atoms with E-state index >= 15 is 0 Å². The third-order valence-electron chi connectivity index (χ3n) is 3.88. The number of aliphatic hydroxyl groups is 2. The first-order valence-electron chi connectivity index (χ1n) is 6.36. The lowest BCUT2D eigenvalue weighted by molar-refractivity contribution is -0.940. The Kier molecular flexibility index (Phi) is 5.58. The molecule has 90 valence electrons. The first-order chi connectivity index (χ1) is 7.29. The van der Waals surface area contributed by atoms with Crippen LogP contribution in [-0.2, 0) is 0 Å². The molecule has 3 heteroatoms. The molecule has 15 heavy (non-hydrogen) atoms. The van der Waals surface area contributed by atoms with Crippen LogP contribution in [0.2, 0.25) is 0 Å². The zero-order chi connectivity index (χ0) is 11.1. The molecule has 1 aliphatic heterocycles. The van der Waals surface area contributed by atoms with Crippen LogP contribution in [0.4, 0.5) is 0 Å². The summed E-state index contributed by atoms with van der Waals surface area (Å²) in [6.07, 6.45) is 5.85. The molecule has 1 aliphatic rings. The van der Waals surface area contributed by atoms with Gasteiger partial charge in [-0.25, -0.2) is 0 Å². The molecule has 2 atom stereocenters. The zero-order valence-corrected chi connectivity index (χ0v) is 9.99. The van der Waals surface area contributed by atoms with Crippen molar-refractivity contribution in [3.05, 3.63) is 0 Å². The maximum Gasteiger partial charge on any atom is 0.102 e. The summed E-state index contributed by atoms with van der Waals surface area (Å²) in [7, 11) is 0. The smallest absolute Gasteiger partial charge is 0.102 e. The van der Waals surface area contributed by atoms with Crippen molar-refractivity contribution in [2.75, 3.05) is 32.8 Å². The summed E-state index contributed by atoms with van der Waals surface area (Å²) in [6, 6.07) is 0.591. The predicted molar refractivity (Wildman–Crippen MR) is 61.6 cm³/mol. The molecule has 0 aliphatic carbocycles. The number of quaternary nitrogens is 1. The van der Waals surface area contributed by atoms with E-state index in [9.17, 15) is 5.11 Å². The molecule has 0 aromatic heterocycles. The molecular weight excluding hydrogens is 190 g/mol. The highest BCUT2D eigenvalue weighted by Gasteiger charge is 2.39. The summed E-state index contributed by atoms with van der Waals surface area (Å²) in [6.45, 7) is 6.05. The Labute approximate surface area is 93.3 Å². The van der Waals surface area contributed by atoms with Crippen LogP contribution in [0.3, 0.4) is 0 Å². The SMILES string of the molecule is CCCC[N+]1(CCO)CCCC1CCO. The van der Waals surface area contributed by atoms with E-state index in [1.54, 1.807) is 0 Å². The monoisotopic (exact) mass is 216 g/mol. The number of hydrogen-bond acceptors (Lipinski definition) is 2. The van der Waals surface area contributed by atoms with E-state index in [1.807, 2.05) is 0 Å². The second-order valence-electron chi connectivity index (χ2n) is 4.77. The second kappa shape index (κ2) is 6.46. The van der Waals surface area contributed by atoms with Crippen molar-refractivity contribution in [3.8, 4) is 0 Å². The molecule has 1 heterocycles. The van der Waals surface area contributed by atoms with Crippen LogP contribution in [0.5, 0.6) is 0 Å². The van der Waals surface area contributed by atoms with Gasteiger partial charge in [-0.2, -0.15) is 0 Å². The minimum Gasteiger partial charge on any atom is -0.396 e. The van der Waals surface area contributed by atoms with Crippen molar-refractivity contribution in [2.24, 2.45) is 0 Å². The summed E-state index contributed by atoms with van der Waals surface area (Å²) >= 11 is 0. The molecule has 1 rings (SSSR count). The van der Waals surface area contributed by atoms with E-state index in [0.717, 1.165) is 17.4 Å². The minimum absolute atomic E-state index is 0.283. The number of hydrogen-bond donors (Lipinski definition) is 2. The Bertz CT molecular complexity index is 175. The van der Waals surface area contributed by atoms with Crippen LogP contribution in [0.25, 0.3) is 0 Å². The van der Waals surface area contributed by atoms with Gasteiger partial charge in [0.25, 0.3) is 0 Å². The molecule has 3 nitrogen and oxygen atoms in total. The molecule has 0 bridgehead atoms. The molecule has 2 unspecified atom stereocenters.